The van der Waals surface area contributed by atoms with Crippen molar-refractivity contribution < 1.29 is 5.11 Å². The van der Waals surface area contributed by atoms with E-state index in [0.717, 1.165) is 18.4 Å². The number of aromatic nitrogens is 3. The third-order valence-electron chi connectivity index (χ3n) is 4.78. The van der Waals surface area contributed by atoms with Crippen LogP contribution in [-0.4, -0.2) is 20.5 Å². The number of hydrogen-bond acceptors (Lipinski definition) is 3. The molecule has 158 valence electrons. The Morgan fingerprint density at radius 1 is 0.821 bits per heavy atom. The van der Waals surface area contributed by atoms with E-state index >= 15 is 0 Å². The fourth-order valence-electron chi connectivity index (χ4n) is 4.51. The van der Waals surface area contributed by atoms with Gasteiger partial charge in [0.05, 0.1) is 6.20 Å². The molecule has 0 spiro atoms. The Hall–Kier alpha value is -1.84. The van der Waals surface area contributed by atoms with Crippen molar-refractivity contribution in [1.82, 2.24) is 15.4 Å². The zero-order valence-corrected chi connectivity index (χ0v) is 19.6. The summed E-state index contributed by atoms with van der Waals surface area (Å²) in [6.45, 7) is 22.8. The molecule has 0 aliphatic rings. The molecular formula is C24H41N3O. The number of hydrogen-bond donors (Lipinski definition) is 2. The maximum Gasteiger partial charge on any atom is 0.119 e. The molecule has 0 saturated carbocycles. The number of phenolic OH excluding ortho intramolecular Hbond substituents is 1. The molecule has 0 radical (unpaired) electrons. The first-order chi connectivity index (χ1) is 12.5. The average molecular weight is 388 g/mol. The van der Waals surface area contributed by atoms with Crippen LogP contribution in [0.1, 0.15) is 93.2 Å². The molecule has 4 nitrogen and oxygen atoms in total. The fraction of sp³-hybridized carbons (Fsp3) is 0.667. The van der Waals surface area contributed by atoms with E-state index in [2.05, 4.69) is 96.8 Å². The monoisotopic (exact) mass is 387 g/mol. The van der Waals surface area contributed by atoms with Gasteiger partial charge in [0.2, 0.25) is 0 Å². The predicted molar refractivity (Wildman–Crippen MR) is 119 cm³/mol. The number of nitrogens with one attached hydrogen (secondary N) is 1. The van der Waals surface area contributed by atoms with E-state index in [1.165, 1.54) is 5.56 Å². The lowest BCUT2D eigenvalue weighted by Crippen LogP contribution is -2.27. The quantitative estimate of drug-likeness (QED) is 0.619. The summed E-state index contributed by atoms with van der Waals surface area (Å²) in [4.78, 5) is 0. The molecule has 0 atom stereocenters. The number of phenols is 1. The SMILES string of the molecule is CC(C)(C)CC(C)(C)c1ccc(O)c(C(C)(C)CC(C)(C)C)c1.c1c[nH]nn1. The van der Waals surface area contributed by atoms with Gasteiger partial charge >= 0.3 is 0 Å². The van der Waals surface area contributed by atoms with Crippen molar-refractivity contribution in [2.45, 2.75) is 92.9 Å². The number of aromatic amines is 1. The second-order valence-corrected chi connectivity index (χ2v) is 11.6. The Balaban J connectivity index is 0.000000674. The van der Waals surface area contributed by atoms with Crippen LogP contribution in [0.25, 0.3) is 0 Å². The van der Waals surface area contributed by atoms with E-state index in [9.17, 15) is 5.11 Å². The maximum atomic E-state index is 10.5. The summed E-state index contributed by atoms with van der Waals surface area (Å²) in [6, 6.07) is 6.23. The molecule has 0 unspecified atom stereocenters. The summed E-state index contributed by atoms with van der Waals surface area (Å²) in [5.41, 5.74) is 2.96. The minimum atomic E-state index is -0.0455. The average Bonchev–Trinajstić information content (AvgIpc) is 3.01. The number of rotatable bonds is 4. The standard InChI is InChI=1S/C22H38O.C2H3N3/c1-19(2,3)14-21(7,8)16-11-12-18(23)17(13-16)22(9,10)15-20(4,5)6;1-2-4-5-3-1/h11-13,23H,14-15H2,1-10H3;1-2H,(H,3,4,5). The smallest absolute Gasteiger partial charge is 0.119 e. The highest BCUT2D eigenvalue weighted by Gasteiger charge is 2.32. The molecule has 0 bridgehead atoms. The lowest BCUT2D eigenvalue weighted by atomic mass is 9.68. The molecular weight excluding hydrogens is 346 g/mol. The van der Waals surface area contributed by atoms with Crippen molar-refractivity contribution in [3.63, 3.8) is 0 Å². The maximum absolute atomic E-state index is 10.5. The summed E-state index contributed by atoms with van der Waals surface area (Å²) in [5, 5.41) is 19.7. The van der Waals surface area contributed by atoms with Crippen LogP contribution in [0.15, 0.2) is 30.6 Å². The Bertz CT molecular complexity index is 700. The molecule has 0 saturated heterocycles. The highest BCUT2D eigenvalue weighted by atomic mass is 16.3. The van der Waals surface area contributed by atoms with Crippen LogP contribution >= 0.6 is 0 Å². The van der Waals surface area contributed by atoms with Crippen LogP contribution in [0.4, 0.5) is 0 Å². The van der Waals surface area contributed by atoms with Gasteiger partial charge in [0, 0.05) is 6.20 Å². The lowest BCUT2D eigenvalue weighted by molar-refractivity contribution is 0.274. The van der Waals surface area contributed by atoms with Crippen molar-refractivity contribution in [2.75, 3.05) is 0 Å². The Morgan fingerprint density at radius 2 is 1.36 bits per heavy atom. The van der Waals surface area contributed by atoms with Gasteiger partial charge in [-0.05, 0) is 51.7 Å². The molecule has 0 aliphatic heterocycles. The summed E-state index contributed by atoms with van der Waals surface area (Å²) in [5.74, 6) is 0.426. The Morgan fingerprint density at radius 3 is 1.75 bits per heavy atom. The first-order valence-electron chi connectivity index (χ1n) is 10.2. The van der Waals surface area contributed by atoms with Gasteiger partial charge in [0.1, 0.15) is 5.75 Å². The normalized spacial score (nSPS) is 13.1. The molecule has 2 N–H and O–H groups in total. The molecule has 2 aromatic rings. The molecule has 1 heterocycles. The Kier molecular flexibility index (Phi) is 7.49. The van der Waals surface area contributed by atoms with E-state index in [4.69, 9.17) is 0 Å². The third-order valence-corrected chi connectivity index (χ3v) is 4.78. The molecule has 1 aromatic carbocycles. The molecule has 28 heavy (non-hydrogen) atoms. The number of aromatic hydroxyl groups is 1. The van der Waals surface area contributed by atoms with Crippen molar-refractivity contribution >= 4 is 0 Å². The lowest BCUT2D eigenvalue weighted by Gasteiger charge is -2.36. The number of benzene rings is 1. The van der Waals surface area contributed by atoms with E-state index in [1.54, 1.807) is 12.4 Å². The van der Waals surface area contributed by atoms with Crippen LogP contribution in [0.3, 0.4) is 0 Å². The topological polar surface area (TPSA) is 61.8 Å². The minimum absolute atomic E-state index is 0.0455. The molecule has 0 amide bonds. The van der Waals surface area contributed by atoms with Crippen molar-refractivity contribution in [2.24, 2.45) is 10.8 Å². The molecule has 1 aromatic heterocycles. The molecule has 0 aliphatic carbocycles. The highest BCUT2D eigenvalue weighted by Crippen LogP contribution is 2.43. The van der Waals surface area contributed by atoms with Crippen LogP contribution < -0.4 is 0 Å². The van der Waals surface area contributed by atoms with E-state index in [-0.39, 0.29) is 21.7 Å². The minimum Gasteiger partial charge on any atom is -0.508 e. The first kappa shape index (κ1) is 24.2. The summed E-state index contributed by atoms with van der Waals surface area (Å²) in [7, 11) is 0. The van der Waals surface area contributed by atoms with Crippen molar-refractivity contribution in [1.29, 1.82) is 0 Å². The van der Waals surface area contributed by atoms with E-state index in [0.29, 0.717) is 5.75 Å². The van der Waals surface area contributed by atoms with Crippen LogP contribution in [0, 0.1) is 10.8 Å². The second-order valence-electron chi connectivity index (χ2n) is 11.6. The van der Waals surface area contributed by atoms with Crippen LogP contribution in [-0.2, 0) is 10.8 Å². The Labute approximate surface area is 172 Å². The molecule has 2 rings (SSSR count). The van der Waals surface area contributed by atoms with E-state index < -0.39 is 0 Å². The van der Waals surface area contributed by atoms with Crippen molar-refractivity contribution in [3.8, 4) is 5.75 Å². The van der Waals surface area contributed by atoms with Gasteiger partial charge in [-0.25, -0.2) is 0 Å². The molecule has 0 fully saturated rings. The van der Waals surface area contributed by atoms with Crippen LogP contribution in [0.5, 0.6) is 5.75 Å². The summed E-state index contributed by atoms with van der Waals surface area (Å²) in [6.07, 6.45) is 5.39. The van der Waals surface area contributed by atoms with Gasteiger partial charge in [0.15, 0.2) is 0 Å². The third kappa shape index (κ3) is 8.04. The van der Waals surface area contributed by atoms with E-state index in [1.807, 2.05) is 6.07 Å². The van der Waals surface area contributed by atoms with Gasteiger partial charge in [-0.1, -0.05) is 86.6 Å². The second kappa shape index (κ2) is 8.67. The number of H-pyrrole nitrogens is 1. The highest BCUT2D eigenvalue weighted by molar-refractivity contribution is 5.43. The first-order valence-corrected chi connectivity index (χ1v) is 10.2. The summed E-state index contributed by atoms with van der Waals surface area (Å²) >= 11 is 0. The fourth-order valence-corrected chi connectivity index (χ4v) is 4.51. The molecule has 4 heteroatoms. The van der Waals surface area contributed by atoms with Gasteiger partial charge in [-0.15, -0.1) is 5.10 Å². The zero-order valence-electron chi connectivity index (χ0n) is 19.6. The van der Waals surface area contributed by atoms with Gasteiger partial charge < -0.3 is 5.11 Å². The van der Waals surface area contributed by atoms with Gasteiger partial charge in [-0.2, -0.15) is 0 Å². The summed E-state index contributed by atoms with van der Waals surface area (Å²) < 4.78 is 0. The largest absolute Gasteiger partial charge is 0.508 e. The van der Waals surface area contributed by atoms with Gasteiger partial charge in [-0.3, -0.25) is 5.10 Å². The predicted octanol–water partition coefficient (Wildman–Crippen LogP) is 6.62. The van der Waals surface area contributed by atoms with Crippen LogP contribution in [0.2, 0.25) is 0 Å². The van der Waals surface area contributed by atoms with Crippen molar-refractivity contribution in [3.05, 3.63) is 41.7 Å². The number of nitrogens with zero attached hydrogens (tertiary/aromatic N) is 2. The zero-order chi connectivity index (χ0) is 21.8. The van der Waals surface area contributed by atoms with Gasteiger partial charge in [0.25, 0.3) is 0 Å².